The highest BCUT2D eigenvalue weighted by Gasteiger charge is 2.33. The second-order valence-corrected chi connectivity index (χ2v) is 6.71. The lowest BCUT2D eigenvalue weighted by Crippen LogP contribution is -2.49. The smallest absolute Gasteiger partial charge is 0.323 e. The van der Waals surface area contributed by atoms with E-state index in [1.54, 1.807) is 0 Å². The van der Waals surface area contributed by atoms with Crippen LogP contribution in [0.5, 0.6) is 0 Å². The number of rotatable bonds is 4. The summed E-state index contributed by atoms with van der Waals surface area (Å²) in [7, 11) is 1.39. The van der Waals surface area contributed by atoms with Gasteiger partial charge in [-0.05, 0) is 48.6 Å². The maximum absolute atomic E-state index is 12.6. The Kier molecular flexibility index (Phi) is 5.38. The molecule has 0 spiro atoms. The van der Waals surface area contributed by atoms with Crippen LogP contribution in [-0.4, -0.2) is 36.5 Å². The van der Waals surface area contributed by atoms with Crippen molar-refractivity contribution in [2.45, 2.75) is 32.9 Å². The molecule has 0 saturated carbocycles. The number of benzene rings is 2. The summed E-state index contributed by atoms with van der Waals surface area (Å²) < 4.78 is 4.96. The molecule has 136 valence electrons. The fourth-order valence-electron chi connectivity index (χ4n) is 3.37. The van der Waals surface area contributed by atoms with Gasteiger partial charge in [0.25, 0.3) is 0 Å². The zero-order chi connectivity index (χ0) is 18.7. The van der Waals surface area contributed by atoms with Crippen LogP contribution in [0.2, 0.25) is 0 Å². The number of methoxy groups -OCH3 is 1. The molecule has 0 bridgehead atoms. The van der Waals surface area contributed by atoms with Crippen LogP contribution in [0.4, 0.5) is 5.69 Å². The first kappa shape index (κ1) is 18.1. The molecule has 1 atom stereocenters. The Hall–Kier alpha value is -2.66. The van der Waals surface area contributed by atoms with Gasteiger partial charge in [0.2, 0.25) is 5.91 Å². The molecule has 0 fully saturated rings. The molecule has 1 aliphatic heterocycles. The standard InChI is InChI=1S/C21H24N2O3/c1-14-7-6-10-18(15(14)2)22-20(24)13-23-12-17-9-5-4-8-16(17)11-19(23)21(25)26-3/h4-10,19H,11-13H2,1-3H3,(H,22,24)/t19-/m0/s1. The molecule has 1 amide bonds. The van der Waals surface area contributed by atoms with E-state index < -0.39 is 6.04 Å². The molecule has 5 nitrogen and oxygen atoms in total. The van der Waals surface area contributed by atoms with Crippen LogP contribution < -0.4 is 5.32 Å². The van der Waals surface area contributed by atoms with Crippen LogP contribution in [0.15, 0.2) is 42.5 Å². The number of anilines is 1. The first-order valence-corrected chi connectivity index (χ1v) is 8.74. The summed E-state index contributed by atoms with van der Waals surface area (Å²) in [5.74, 6) is -0.439. The van der Waals surface area contributed by atoms with E-state index in [4.69, 9.17) is 4.74 Å². The third kappa shape index (κ3) is 3.78. The third-order valence-corrected chi connectivity index (χ3v) is 5.04. The van der Waals surface area contributed by atoms with E-state index in [0.717, 1.165) is 27.9 Å². The van der Waals surface area contributed by atoms with Crippen molar-refractivity contribution in [1.29, 1.82) is 0 Å². The molecule has 26 heavy (non-hydrogen) atoms. The number of amides is 1. The Morgan fingerprint density at radius 1 is 1.12 bits per heavy atom. The highest BCUT2D eigenvalue weighted by Crippen LogP contribution is 2.24. The number of esters is 1. The zero-order valence-corrected chi connectivity index (χ0v) is 15.4. The van der Waals surface area contributed by atoms with Gasteiger partial charge in [-0.1, -0.05) is 36.4 Å². The largest absolute Gasteiger partial charge is 0.468 e. The Labute approximate surface area is 154 Å². The van der Waals surface area contributed by atoms with Crippen molar-refractivity contribution >= 4 is 17.6 Å². The van der Waals surface area contributed by atoms with Gasteiger partial charge in [0.1, 0.15) is 6.04 Å². The van der Waals surface area contributed by atoms with E-state index >= 15 is 0 Å². The molecule has 0 aromatic heterocycles. The quantitative estimate of drug-likeness (QED) is 0.860. The van der Waals surface area contributed by atoms with Gasteiger partial charge in [0.05, 0.1) is 13.7 Å². The lowest BCUT2D eigenvalue weighted by Gasteiger charge is -2.34. The van der Waals surface area contributed by atoms with Crippen LogP contribution in [0.25, 0.3) is 0 Å². The summed E-state index contributed by atoms with van der Waals surface area (Å²) in [6.07, 6.45) is 0.555. The average molecular weight is 352 g/mol. The number of nitrogens with zero attached hydrogens (tertiary/aromatic N) is 1. The molecule has 1 heterocycles. The molecule has 0 unspecified atom stereocenters. The predicted molar refractivity (Wildman–Crippen MR) is 101 cm³/mol. The number of hydrogen-bond acceptors (Lipinski definition) is 4. The Balaban J connectivity index is 1.76. The molecule has 0 saturated heterocycles. The number of nitrogens with one attached hydrogen (secondary N) is 1. The number of carbonyl (C=O) groups is 2. The van der Waals surface area contributed by atoms with Gasteiger partial charge in [-0.25, -0.2) is 0 Å². The Bertz CT molecular complexity index is 832. The first-order valence-electron chi connectivity index (χ1n) is 8.74. The average Bonchev–Trinajstić information content (AvgIpc) is 2.64. The second-order valence-electron chi connectivity index (χ2n) is 6.71. The van der Waals surface area contributed by atoms with Crippen molar-refractivity contribution in [3.8, 4) is 0 Å². The molecular weight excluding hydrogens is 328 g/mol. The van der Waals surface area contributed by atoms with Gasteiger partial charge < -0.3 is 10.1 Å². The summed E-state index contributed by atoms with van der Waals surface area (Å²) in [5.41, 5.74) is 5.26. The van der Waals surface area contributed by atoms with E-state index in [1.807, 2.05) is 61.2 Å². The zero-order valence-electron chi connectivity index (χ0n) is 15.4. The molecule has 2 aromatic rings. The number of ether oxygens (including phenoxy) is 1. The van der Waals surface area contributed by atoms with Crippen LogP contribution in [0.1, 0.15) is 22.3 Å². The van der Waals surface area contributed by atoms with Gasteiger partial charge in [0, 0.05) is 12.2 Å². The van der Waals surface area contributed by atoms with E-state index in [9.17, 15) is 9.59 Å². The van der Waals surface area contributed by atoms with Gasteiger partial charge in [-0.2, -0.15) is 0 Å². The topological polar surface area (TPSA) is 58.6 Å². The minimum absolute atomic E-state index is 0.132. The minimum Gasteiger partial charge on any atom is -0.468 e. The fourth-order valence-corrected chi connectivity index (χ4v) is 3.37. The molecule has 0 radical (unpaired) electrons. The van der Waals surface area contributed by atoms with E-state index in [0.29, 0.717) is 13.0 Å². The third-order valence-electron chi connectivity index (χ3n) is 5.04. The van der Waals surface area contributed by atoms with Gasteiger partial charge in [-0.15, -0.1) is 0 Å². The van der Waals surface area contributed by atoms with Gasteiger partial charge >= 0.3 is 5.97 Å². The van der Waals surface area contributed by atoms with Crippen molar-refractivity contribution in [2.24, 2.45) is 0 Å². The Morgan fingerprint density at radius 2 is 1.85 bits per heavy atom. The normalized spacial score (nSPS) is 16.7. The van der Waals surface area contributed by atoms with E-state index in [-0.39, 0.29) is 18.4 Å². The number of fused-ring (bicyclic) bond motifs is 1. The van der Waals surface area contributed by atoms with E-state index in [1.165, 1.54) is 7.11 Å². The first-order chi connectivity index (χ1) is 12.5. The van der Waals surface area contributed by atoms with Crippen molar-refractivity contribution in [3.63, 3.8) is 0 Å². The number of hydrogen-bond donors (Lipinski definition) is 1. The summed E-state index contributed by atoms with van der Waals surface area (Å²) in [5, 5.41) is 2.97. The molecule has 3 rings (SSSR count). The van der Waals surface area contributed by atoms with Gasteiger partial charge in [0.15, 0.2) is 0 Å². The minimum atomic E-state index is -0.445. The maximum Gasteiger partial charge on any atom is 0.323 e. The molecule has 5 heteroatoms. The number of carbonyl (C=O) groups excluding carboxylic acids is 2. The highest BCUT2D eigenvalue weighted by molar-refractivity contribution is 5.93. The molecular formula is C21H24N2O3. The van der Waals surface area contributed by atoms with E-state index in [2.05, 4.69) is 5.32 Å². The number of aryl methyl sites for hydroxylation is 1. The maximum atomic E-state index is 12.6. The molecule has 0 aliphatic carbocycles. The summed E-state index contributed by atoms with van der Waals surface area (Å²) in [6.45, 7) is 4.69. The fraction of sp³-hybridized carbons (Fsp3) is 0.333. The van der Waals surface area contributed by atoms with Crippen LogP contribution >= 0.6 is 0 Å². The lowest BCUT2D eigenvalue weighted by atomic mass is 9.94. The highest BCUT2D eigenvalue weighted by atomic mass is 16.5. The second kappa shape index (κ2) is 7.70. The van der Waals surface area contributed by atoms with Crippen molar-refractivity contribution in [3.05, 3.63) is 64.7 Å². The van der Waals surface area contributed by atoms with Gasteiger partial charge in [-0.3, -0.25) is 14.5 Å². The summed E-state index contributed by atoms with van der Waals surface area (Å²) in [6, 6.07) is 13.4. The molecule has 1 aliphatic rings. The summed E-state index contributed by atoms with van der Waals surface area (Å²) in [4.78, 5) is 26.7. The molecule has 1 N–H and O–H groups in total. The van der Waals surface area contributed by atoms with Crippen LogP contribution in [0, 0.1) is 13.8 Å². The van der Waals surface area contributed by atoms with Crippen LogP contribution in [0.3, 0.4) is 0 Å². The van der Waals surface area contributed by atoms with Crippen molar-refractivity contribution < 1.29 is 14.3 Å². The van der Waals surface area contributed by atoms with Crippen LogP contribution in [-0.2, 0) is 27.3 Å². The predicted octanol–water partition coefficient (Wildman–Crippen LogP) is 2.84. The monoisotopic (exact) mass is 352 g/mol. The van der Waals surface area contributed by atoms with Crippen molar-refractivity contribution in [2.75, 3.05) is 19.0 Å². The lowest BCUT2D eigenvalue weighted by molar-refractivity contribution is -0.148. The summed E-state index contributed by atoms with van der Waals surface area (Å²) >= 11 is 0. The SMILES string of the molecule is COC(=O)[C@@H]1Cc2ccccc2CN1CC(=O)Nc1cccc(C)c1C. The molecule has 2 aromatic carbocycles. The van der Waals surface area contributed by atoms with Crippen molar-refractivity contribution in [1.82, 2.24) is 4.90 Å². The Morgan fingerprint density at radius 3 is 2.58 bits per heavy atom.